The molecule has 0 aliphatic heterocycles. The van der Waals surface area contributed by atoms with E-state index in [-0.39, 0.29) is 16.4 Å². The third-order valence-corrected chi connectivity index (χ3v) is 8.29. The lowest BCUT2D eigenvalue weighted by molar-refractivity contribution is -0.119. The van der Waals surface area contributed by atoms with Crippen LogP contribution in [0.15, 0.2) is 82.8 Å². The zero-order valence-electron chi connectivity index (χ0n) is 23.4. The van der Waals surface area contributed by atoms with E-state index in [0.717, 1.165) is 32.5 Å². The van der Waals surface area contributed by atoms with E-state index >= 15 is 0 Å². The third kappa shape index (κ3) is 6.41. The third-order valence-electron chi connectivity index (χ3n) is 6.50. The Labute approximate surface area is 238 Å². The molecule has 41 heavy (non-hydrogen) atoms. The molecule has 1 N–H and O–H groups in total. The maximum Gasteiger partial charge on any atom is 0.264 e. The summed E-state index contributed by atoms with van der Waals surface area (Å²) in [6.07, 6.45) is 1.48. The van der Waals surface area contributed by atoms with Crippen molar-refractivity contribution in [1.29, 1.82) is 0 Å². The molecule has 3 aromatic carbocycles. The lowest BCUT2D eigenvalue weighted by Crippen LogP contribution is -2.39. The zero-order valence-corrected chi connectivity index (χ0v) is 24.2. The largest absolute Gasteiger partial charge is 0.493 e. The summed E-state index contributed by atoms with van der Waals surface area (Å²) in [6, 6.07) is 19.0. The molecular formula is C30H31FN4O5S. The predicted molar refractivity (Wildman–Crippen MR) is 156 cm³/mol. The maximum atomic E-state index is 13.7. The average molecular weight is 579 g/mol. The van der Waals surface area contributed by atoms with Gasteiger partial charge in [-0.3, -0.25) is 9.10 Å². The number of carbonyl (C=O) groups excluding carboxylic acids is 1. The number of halogens is 1. The first kappa shape index (κ1) is 29.3. The van der Waals surface area contributed by atoms with Gasteiger partial charge in [-0.15, -0.1) is 0 Å². The molecule has 1 aromatic heterocycles. The molecule has 0 radical (unpaired) electrons. The Hall–Kier alpha value is -4.64. The molecule has 0 saturated carbocycles. The normalized spacial score (nSPS) is 11.5. The molecule has 0 saturated heterocycles. The summed E-state index contributed by atoms with van der Waals surface area (Å²) < 4.78 is 54.3. The number of sulfonamides is 1. The molecule has 0 spiro atoms. The van der Waals surface area contributed by atoms with Crippen molar-refractivity contribution in [2.75, 3.05) is 25.1 Å². The van der Waals surface area contributed by atoms with Crippen LogP contribution in [0.3, 0.4) is 0 Å². The first-order chi connectivity index (χ1) is 19.5. The Kier molecular flexibility index (Phi) is 8.77. The molecule has 0 aliphatic carbocycles. The number of nitrogens with zero attached hydrogens (tertiary/aromatic N) is 3. The Morgan fingerprint density at radius 2 is 1.61 bits per heavy atom. The van der Waals surface area contributed by atoms with Crippen molar-refractivity contribution in [2.45, 2.75) is 25.7 Å². The highest BCUT2D eigenvalue weighted by Gasteiger charge is 2.28. The molecule has 4 rings (SSSR count). The summed E-state index contributed by atoms with van der Waals surface area (Å²) in [7, 11) is -1.22. The predicted octanol–water partition coefficient (Wildman–Crippen LogP) is 4.90. The smallest absolute Gasteiger partial charge is 0.264 e. The first-order valence-corrected chi connectivity index (χ1v) is 14.1. The van der Waals surface area contributed by atoms with Crippen LogP contribution >= 0.6 is 0 Å². The van der Waals surface area contributed by atoms with Crippen molar-refractivity contribution in [3.8, 4) is 17.2 Å². The van der Waals surface area contributed by atoms with Crippen LogP contribution in [0.25, 0.3) is 5.69 Å². The van der Waals surface area contributed by atoms with Gasteiger partial charge in [0.1, 0.15) is 12.4 Å². The minimum atomic E-state index is -4.14. The number of hydrazone groups is 1. The number of amides is 1. The molecule has 1 heterocycles. The van der Waals surface area contributed by atoms with Crippen molar-refractivity contribution >= 4 is 27.8 Å². The van der Waals surface area contributed by atoms with Crippen molar-refractivity contribution < 1.29 is 27.1 Å². The van der Waals surface area contributed by atoms with Crippen molar-refractivity contribution in [1.82, 2.24) is 9.99 Å². The van der Waals surface area contributed by atoms with Gasteiger partial charge >= 0.3 is 0 Å². The van der Waals surface area contributed by atoms with E-state index in [4.69, 9.17) is 9.47 Å². The minimum Gasteiger partial charge on any atom is -0.493 e. The maximum absolute atomic E-state index is 13.7. The van der Waals surface area contributed by atoms with Crippen molar-refractivity contribution in [3.63, 3.8) is 0 Å². The van der Waals surface area contributed by atoms with E-state index in [1.54, 1.807) is 30.3 Å². The van der Waals surface area contributed by atoms with Gasteiger partial charge in [-0.2, -0.15) is 5.10 Å². The van der Waals surface area contributed by atoms with Gasteiger partial charge in [0.15, 0.2) is 11.5 Å². The van der Waals surface area contributed by atoms with Gasteiger partial charge in [0.2, 0.25) is 0 Å². The van der Waals surface area contributed by atoms with Gasteiger partial charge in [0.25, 0.3) is 15.9 Å². The summed E-state index contributed by atoms with van der Waals surface area (Å²) in [5, 5.41) is 4.07. The van der Waals surface area contributed by atoms with Crippen molar-refractivity contribution in [2.24, 2.45) is 5.10 Å². The number of carbonyl (C=O) groups is 1. The molecule has 0 fully saturated rings. The van der Waals surface area contributed by atoms with Gasteiger partial charge < -0.3 is 14.0 Å². The Bertz CT molecular complexity index is 1680. The lowest BCUT2D eigenvalue weighted by Gasteiger charge is -2.24. The van der Waals surface area contributed by atoms with Crippen LogP contribution in [0.5, 0.6) is 11.5 Å². The van der Waals surface area contributed by atoms with Gasteiger partial charge in [-0.05, 0) is 75.4 Å². The number of rotatable bonds is 10. The monoisotopic (exact) mass is 578 g/mol. The zero-order chi connectivity index (χ0) is 29.7. The second kappa shape index (κ2) is 12.3. The fourth-order valence-electron chi connectivity index (χ4n) is 4.38. The summed E-state index contributed by atoms with van der Waals surface area (Å²) in [5.41, 5.74) is 6.79. The Morgan fingerprint density at radius 1 is 0.951 bits per heavy atom. The average Bonchev–Trinajstić information content (AvgIpc) is 3.24. The summed E-state index contributed by atoms with van der Waals surface area (Å²) in [5.74, 6) is -0.258. The number of aryl methyl sites for hydroxylation is 2. The fourth-order valence-corrected chi connectivity index (χ4v) is 5.79. The van der Waals surface area contributed by atoms with E-state index in [1.807, 2.05) is 31.4 Å². The van der Waals surface area contributed by atoms with Gasteiger partial charge in [-0.25, -0.2) is 18.2 Å². The van der Waals surface area contributed by atoms with E-state index in [0.29, 0.717) is 11.5 Å². The highest BCUT2D eigenvalue weighted by atomic mass is 32.2. The molecule has 0 unspecified atom stereocenters. The second-order valence-corrected chi connectivity index (χ2v) is 11.2. The number of hydrogen-bond donors (Lipinski definition) is 1. The number of ether oxygens (including phenoxy) is 2. The fraction of sp³-hybridized carbons (Fsp3) is 0.200. The molecule has 11 heteroatoms. The molecule has 4 aromatic rings. The van der Waals surface area contributed by atoms with E-state index in [2.05, 4.69) is 10.5 Å². The number of anilines is 1. The molecule has 0 bridgehead atoms. The van der Waals surface area contributed by atoms with Crippen LogP contribution < -0.4 is 19.2 Å². The first-order valence-electron chi connectivity index (χ1n) is 12.6. The highest BCUT2D eigenvalue weighted by Crippen LogP contribution is 2.33. The molecule has 9 nitrogen and oxygen atoms in total. The molecule has 214 valence electrons. The SMILES string of the molecule is COc1ccc(N(CC(=O)N/N=C\c2cc(C)n(-c3ccc(F)cc3)c2C)S(=O)(=O)c2ccc(C)cc2)cc1OC. The minimum absolute atomic E-state index is 0.0300. The van der Waals surface area contributed by atoms with Gasteiger partial charge in [0, 0.05) is 28.7 Å². The van der Waals surface area contributed by atoms with E-state index in [9.17, 15) is 17.6 Å². The quantitative estimate of drug-likeness (QED) is 0.213. The Morgan fingerprint density at radius 3 is 2.24 bits per heavy atom. The van der Waals surface area contributed by atoms with Crippen LogP contribution in [-0.2, 0) is 14.8 Å². The van der Waals surface area contributed by atoms with Gasteiger partial charge in [0.05, 0.1) is 31.0 Å². The second-order valence-electron chi connectivity index (χ2n) is 9.30. The van der Waals surface area contributed by atoms with Crippen LogP contribution in [0.2, 0.25) is 0 Å². The van der Waals surface area contributed by atoms with Crippen LogP contribution in [0.4, 0.5) is 10.1 Å². The summed E-state index contributed by atoms with van der Waals surface area (Å²) in [6.45, 7) is 5.10. The Balaban J connectivity index is 1.59. The van der Waals surface area contributed by atoms with E-state index in [1.165, 1.54) is 56.8 Å². The number of hydrogen-bond acceptors (Lipinski definition) is 6. The van der Waals surface area contributed by atoms with Crippen LogP contribution in [0, 0.1) is 26.6 Å². The standard InChI is InChI=1S/C30H31FN4O5S/c1-20-6-13-27(14-7-20)41(37,38)34(26-12-15-28(39-4)29(17-26)40-5)19-30(36)33-32-18-23-16-21(2)35(22(23)3)25-10-8-24(31)9-11-25/h6-18H,19H2,1-5H3,(H,33,36)/b32-18-. The number of methoxy groups -OCH3 is 2. The van der Waals surface area contributed by atoms with Crippen LogP contribution in [-0.4, -0.2) is 45.9 Å². The number of aromatic nitrogens is 1. The number of benzene rings is 3. The molecule has 0 aliphatic rings. The molecule has 1 amide bonds. The van der Waals surface area contributed by atoms with E-state index < -0.39 is 22.5 Å². The summed E-state index contributed by atoms with van der Waals surface area (Å²) >= 11 is 0. The molecule has 0 atom stereocenters. The topological polar surface area (TPSA) is 102 Å². The van der Waals surface area contributed by atoms with Gasteiger partial charge in [-0.1, -0.05) is 17.7 Å². The van der Waals surface area contributed by atoms with Crippen molar-refractivity contribution in [3.05, 3.63) is 101 Å². The highest BCUT2D eigenvalue weighted by molar-refractivity contribution is 7.92. The number of nitrogens with one attached hydrogen (secondary N) is 1. The summed E-state index contributed by atoms with van der Waals surface area (Å²) in [4.78, 5) is 13.0. The molecular weight excluding hydrogens is 547 g/mol. The lowest BCUT2D eigenvalue weighted by atomic mass is 10.2. The van der Waals surface area contributed by atoms with Crippen LogP contribution in [0.1, 0.15) is 22.5 Å².